The molecule has 2 saturated heterocycles. The lowest BCUT2D eigenvalue weighted by molar-refractivity contribution is -0.148. The number of urea groups is 1. The van der Waals surface area contributed by atoms with Gasteiger partial charge in [-0.2, -0.15) is 0 Å². The third-order valence-corrected chi connectivity index (χ3v) is 17.9. The number of rotatable bonds is 27. The number of carbonyl (C=O) groups is 7. The summed E-state index contributed by atoms with van der Waals surface area (Å²) < 4.78 is 18.3. The van der Waals surface area contributed by atoms with Crippen molar-refractivity contribution >= 4 is 47.3 Å². The highest BCUT2D eigenvalue weighted by Crippen LogP contribution is 2.46. The van der Waals surface area contributed by atoms with Crippen molar-refractivity contribution in [3.05, 3.63) is 89.5 Å². The SMILES string of the molecule is CC[C@H](C)[C@@H]([C@@H](CC(=O)N1CCC[C@H]1[C@H](OC)[C@@H](C)C(=O)N[C@H](CO)Cc1cccc(NC(=O)[C@H](CCCNC(N)=O)N(C)C(=O)OC2c3ccccc3-c3ccccc32)c1)OC)N(C)C(=O)[C@@H](NC(=O)[C@@H]1[C@H]2CC[C@H](C2)N1C)C(C)C. The van der Waals surface area contributed by atoms with Crippen LogP contribution < -0.4 is 27.0 Å². The number of primary amides is 1. The molecule has 448 valence electrons. The van der Waals surface area contributed by atoms with Crippen LogP contribution in [0.1, 0.15) is 115 Å². The molecule has 2 heterocycles. The molecule has 3 fully saturated rings. The minimum atomic E-state index is -1.02. The minimum absolute atomic E-state index is 0.0267. The zero-order valence-electron chi connectivity index (χ0n) is 49.6. The van der Waals surface area contributed by atoms with E-state index in [9.17, 15) is 38.7 Å². The van der Waals surface area contributed by atoms with Gasteiger partial charge < -0.3 is 56.1 Å². The van der Waals surface area contributed by atoms with Crippen molar-refractivity contribution < 1.29 is 52.9 Å². The molecule has 7 N–H and O–H groups in total. The maximum absolute atomic E-state index is 14.5. The maximum Gasteiger partial charge on any atom is 0.411 e. The lowest BCUT2D eigenvalue weighted by Gasteiger charge is -2.41. The Morgan fingerprint density at radius 3 is 2.12 bits per heavy atom. The predicted molar refractivity (Wildman–Crippen MR) is 312 cm³/mol. The number of amides is 8. The summed E-state index contributed by atoms with van der Waals surface area (Å²) in [4.78, 5) is 103. The molecular formula is C62H89N9O11. The fourth-order valence-corrected chi connectivity index (χ4v) is 13.2. The van der Waals surface area contributed by atoms with E-state index in [1.807, 2.05) is 89.3 Å². The molecule has 0 spiro atoms. The molecule has 7 rings (SSSR count). The van der Waals surface area contributed by atoms with Crippen LogP contribution in [0.2, 0.25) is 0 Å². The van der Waals surface area contributed by atoms with E-state index in [0.29, 0.717) is 49.5 Å². The van der Waals surface area contributed by atoms with Crippen molar-refractivity contribution in [1.29, 1.82) is 0 Å². The Morgan fingerprint density at radius 1 is 0.841 bits per heavy atom. The number of ether oxygens (including phenoxy) is 3. The van der Waals surface area contributed by atoms with Crippen LogP contribution in [0.15, 0.2) is 72.8 Å². The fraction of sp³-hybridized carbons (Fsp3) is 0.597. The first-order valence-electron chi connectivity index (χ1n) is 29.3. The predicted octanol–water partition coefficient (Wildman–Crippen LogP) is 5.84. The monoisotopic (exact) mass is 1140 g/mol. The van der Waals surface area contributed by atoms with Crippen molar-refractivity contribution in [2.24, 2.45) is 29.4 Å². The quantitative estimate of drug-likeness (QED) is 0.0493. The Labute approximate surface area is 483 Å². The summed E-state index contributed by atoms with van der Waals surface area (Å²) in [6.45, 7) is 9.89. The highest BCUT2D eigenvalue weighted by Gasteiger charge is 2.49. The molecule has 4 aliphatic rings. The van der Waals surface area contributed by atoms with E-state index >= 15 is 0 Å². The lowest BCUT2D eigenvalue weighted by Crippen LogP contribution is -2.60. The topological polar surface area (TPSA) is 255 Å². The zero-order chi connectivity index (χ0) is 59.5. The first-order chi connectivity index (χ1) is 39.2. The van der Waals surface area contributed by atoms with Crippen LogP contribution in [-0.4, -0.2) is 176 Å². The number of likely N-dealkylation sites (tertiary alicyclic amines) is 2. The number of benzene rings is 3. The van der Waals surface area contributed by atoms with Gasteiger partial charge in [0.1, 0.15) is 12.1 Å². The summed E-state index contributed by atoms with van der Waals surface area (Å²) >= 11 is 0. The highest BCUT2D eigenvalue weighted by atomic mass is 16.6. The highest BCUT2D eigenvalue weighted by molar-refractivity contribution is 5.97. The number of nitrogens with zero attached hydrogens (tertiary/aromatic N) is 4. The number of fused-ring (bicyclic) bond motifs is 5. The lowest BCUT2D eigenvalue weighted by atomic mass is 9.89. The number of nitrogens with one attached hydrogen (secondary N) is 4. The molecule has 2 aliphatic heterocycles. The van der Waals surface area contributed by atoms with E-state index in [2.05, 4.69) is 26.2 Å². The Hall–Kier alpha value is -6.61. The molecule has 0 aromatic heterocycles. The van der Waals surface area contributed by atoms with Gasteiger partial charge in [0.15, 0.2) is 6.10 Å². The van der Waals surface area contributed by atoms with Gasteiger partial charge in [0.05, 0.1) is 55.3 Å². The van der Waals surface area contributed by atoms with Gasteiger partial charge in [-0.25, -0.2) is 9.59 Å². The summed E-state index contributed by atoms with van der Waals surface area (Å²) in [7, 11) is 8.31. The van der Waals surface area contributed by atoms with Crippen molar-refractivity contribution in [3.63, 3.8) is 0 Å². The molecule has 8 amide bonds. The normalized spacial score (nSPS) is 21.2. The number of likely N-dealkylation sites (N-methyl/N-ethyl adjacent to an activating group) is 3. The average Bonchev–Trinajstić information content (AvgIpc) is 4.46. The fourth-order valence-electron chi connectivity index (χ4n) is 13.2. The third-order valence-electron chi connectivity index (χ3n) is 17.9. The van der Waals surface area contributed by atoms with Gasteiger partial charge in [-0.1, -0.05) is 102 Å². The molecule has 0 radical (unpaired) electrons. The summed E-state index contributed by atoms with van der Waals surface area (Å²) in [5, 5.41) is 22.2. The number of piperidine rings is 1. The van der Waals surface area contributed by atoms with Crippen LogP contribution in [0.5, 0.6) is 0 Å². The van der Waals surface area contributed by atoms with Crippen LogP contribution in [-0.2, 0) is 44.6 Å². The van der Waals surface area contributed by atoms with E-state index in [4.69, 9.17) is 19.9 Å². The second-order valence-corrected chi connectivity index (χ2v) is 23.4. The van der Waals surface area contributed by atoms with Crippen molar-refractivity contribution in [2.75, 3.05) is 60.4 Å². The number of methoxy groups -OCH3 is 2. The number of aliphatic hydroxyl groups excluding tert-OH is 1. The second-order valence-electron chi connectivity index (χ2n) is 23.4. The molecule has 20 heteroatoms. The summed E-state index contributed by atoms with van der Waals surface area (Å²) in [6.07, 6.45) is 2.94. The molecule has 3 aromatic carbocycles. The van der Waals surface area contributed by atoms with Gasteiger partial charge >= 0.3 is 12.1 Å². The first-order valence-corrected chi connectivity index (χ1v) is 29.3. The van der Waals surface area contributed by atoms with Crippen LogP contribution in [0.3, 0.4) is 0 Å². The smallest absolute Gasteiger partial charge is 0.411 e. The van der Waals surface area contributed by atoms with Crippen molar-refractivity contribution in [2.45, 2.75) is 159 Å². The molecular weight excluding hydrogens is 1050 g/mol. The van der Waals surface area contributed by atoms with Gasteiger partial charge in [-0.05, 0) is 105 Å². The van der Waals surface area contributed by atoms with Gasteiger partial charge in [0, 0.05) is 64.3 Å². The number of anilines is 1. The molecule has 12 atom stereocenters. The zero-order valence-corrected chi connectivity index (χ0v) is 49.6. The Bertz CT molecular complexity index is 2680. The number of carbonyl (C=O) groups excluding carboxylic acids is 7. The Kier molecular flexibility index (Phi) is 22.0. The van der Waals surface area contributed by atoms with Crippen molar-refractivity contribution in [1.82, 2.24) is 35.6 Å². The molecule has 82 heavy (non-hydrogen) atoms. The van der Waals surface area contributed by atoms with Crippen LogP contribution in [0, 0.1) is 23.7 Å². The first kappa shape index (κ1) is 63.0. The van der Waals surface area contributed by atoms with E-state index in [-0.39, 0.29) is 73.2 Å². The minimum Gasteiger partial charge on any atom is -0.436 e. The summed E-state index contributed by atoms with van der Waals surface area (Å²) in [6, 6.07) is 18.4. The third kappa shape index (κ3) is 14.4. The molecule has 3 aromatic rings. The van der Waals surface area contributed by atoms with Crippen LogP contribution in [0.25, 0.3) is 11.1 Å². The molecule has 2 bridgehead atoms. The Morgan fingerprint density at radius 2 is 1.52 bits per heavy atom. The van der Waals surface area contributed by atoms with E-state index in [1.165, 1.54) is 19.1 Å². The van der Waals surface area contributed by atoms with E-state index in [0.717, 1.165) is 41.5 Å². The van der Waals surface area contributed by atoms with Crippen LogP contribution in [0.4, 0.5) is 15.3 Å². The number of aliphatic hydroxyl groups is 1. The molecule has 0 unspecified atom stereocenters. The number of hydrogen-bond donors (Lipinski definition) is 6. The molecule has 1 saturated carbocycles. The van der Waals surface area contributed by atoms with Gasteiger partial charge in [-0.3, -0.25) is 33.8 Å². The summed E-state index contributed by atoms with van der Waals surface area (Å²) in [5.74, 6) is -2.15. The van der Waals surface area contributed by atoms with Gasteiger partial charge in [0.2, 0.25) is 29.5 Å². The largest absolute Gasteiger partial charge is 0.436 e. The number of nitrogens with two attached hydrogens (primary N) is 1. The standard InChI is InChI=1S/C62H89N9O11/c1-11-37(4)53(70(8)60(77)52(36(2)3)67-59(76)54-40-27-28-43(33-40)68(54)6)50(80-9)34-51(73)71-30-18-26-48(71)55(81-10)38(5)57(74)66-42(35-72)32-39-19-16-20-41(31-39)65-58(75)49(25-17-29-64-61(63)78)69(7)62(79)82-56-46-23-14-12-21-44(46)45-22-13-15-24-47(45)56/h12-16,19-24,31,36-38,40,42-43,48-50,52-56,72H,11,17-18,25-30,32-35H2,1-10H3,(H,65,75)(H,66,74)(H,67,76)(H3,63,64,78)/t37-,38+,40-,42-,43+,48-,49-,50+,52-,53-,54-,55+/m0/s1. The van der Waals surface area contributed by atoms with E-state index < -0.39 is 79.1 Å². The Balaban J connectivity index is 0.968. The summed E-state index contributed by atoms with van der Waals surface area (Å²) in [5.41, 5.74) is 10.0. The van der Waals surface area contributed by atoms with Crippen LogP contribution >= 0.6 is 0 Å². The van der Waals surface area contributed by atoms with E-state index in [1.54, 1.807) is 49.1 Å². The molecule has 20 nitrogen and oxygen atoms in total. The second kappa shape index (κ2) is 28.6. The van der Waals surface area contributed by atoms with Gasteiger partial charge in [-0.15, -0.1) is 0 Å². The average molecular weight is 1140 g/mol. The maximum atomic E-state index is 14.5. The number of hydrogen-bond acceptors (Lipinski definition) is 12. The molecule has 2 aliphatic carbocycles. The van der Waals surface area contributed by atoms with Crippen molar-refractivity contribution in [3.8, 4) is 11.1 Å². The van der Waals surface area contributed by atoms with Gasteiger partial charge in [0.25, 0.3) is 0 Å².